The molecule has 0 fully saturated rings. The lowest BCUT2D eigenvalue weighted by Gasteiger charge is -2.27. The molecule has 2 N–H and O–H groups in total. The largest absolute Gasteiger partial charge is 0.493 e. The highest BCUT2D eigenvalue weighted by atomic mass is 16.5. The van der Waals surface area contributed by atoms with Gasteiger partial charge in [0.1, 0.15) is 23.1 Å². The number of nitrogens with two attached hydrogens (primary N) is 1. The minimum atomic E-state index is -0.575. The third-order valence-corrected chi connectivity index (χ3v) is 5.92. The number of nitrogens with zero attached hydrogens (tertiary/aromatic N) is 1. The normalized spacial score (nSPS) is 14.4. The van der Waals surface area contributed by atoms with Crippen LogP contribution in [-0.4, -0.2) is 27.3 Å². The molecule has 1 aliphatic heterocycles. The molecular weight excluding hydrogens is 472 g/mol. The van der Waals surface area contributed by atoms with E-state index in [0.29, 0.717) is 34.1 Å². The predicted octanol–water partition coefficient (Wildman–Crippen LogP) is 4.86. The Balaban J connectivity index is 1.67. The zero-order valence-electron chi connectivity index (χ0n) is 20.9. The molecule has 4 rings (SSSR count). The number of carbonyl (C=O) groups is 1. The van der Waals surface area contributed by atoms with Crippen molar-refractivity contribution in [2.45, 2.75) is 12.8 Å². The van der Waals surface area contributed by atoms with Crippen molar-refractivity contribution in [3.63, 3.8) is 0 Å². The summed E-state index contributed by atoms with van der Waals surface area (Å²) in [7, 11) is 4.55. The van der Waals surface area contributed by atoms with Crippen LogP contribution in [0.1, 0.15) is 28.2 Å². The van der Waals surface area contributed by atoms with Gasteiger partial charge in [-0.1, -0.05) is 35.9 Å². The quantitative estimate of drug-likeness (QED) is 0.279. The van der Waals surface area contributed by atoms with Gasteiger partial charge in [0.15, 0.2) is 11.5 Å². The van der Waals surface area contributed by atoms with E-state index in [1.807, 2.05) is 31.2 Å². The molecule has 0 saturated carbocycles. The van der Waals surface area contributed by atoms with Gasteiger partial charge in [-0.05, 0) is 42.3 Å². The van der Waals surface area contributed by atoms with Crippen molar-refractivity contribution in [1.29, 1.82) is 5.26 Å². The van der Waals surface area contributed by atoms with Gasteiger partial charge in [-0.15, -0.1) is 0 Å². The Morgan fingerprint density at radius 3 is 2.27 bits per heavy atom. The lowest BCUT2D eigenvalue weighted by atomic mass is 9.83. The Bertz CT molecular complexity index is 1410. The summed E-state index contributed by atoms with van der Waals surface area (Å²) in [5, 5.41) is 9.88. The molecule has 8 heteroatoms. The summed E-state index contributed by atoms with van der Waals surface area (Å²) in [5.41, 5.74) is 9.72. The fraction of sp³-hybridized carbons (Fsp3) is 0.172. The van der Waals surface area contributed by atoms with Crippen LogP contribution < -0.4 is 29.4 Å². The highest BCUT2D eigenvalue weighted by molar-refractivity contribution is 5.88. The highest BCUT2D eigenvalue weighted by Gasteiger charge is 2.32. The summed E-state index contributed by atoms with van der Waals surface area (Å²) in [6.45, 7) is 1.99. The molecule has 188 valence electrons. The first-order valence-electron chi connectivity index (χ1n) is 11.4. The number of aryl methyl sites for hydroxylation is 1. The second kappa shape index (κ2) is 10.8. The second-order valence-corrected chi connectivity index (χ2v) is 8.25. The van der Waals surface area contributed by atoms with Gasteiger partial charge >= 0.3 is 5.97 Å². The van der Waals surface area contributed by atoms with Crippen LogP contribution in [0.5, 0.6) is 28.7 Å². The van der Waals surface area contributed by atoms with Crippen molar-refractivity contribution in [2.24, 2.45) is 5.73 Å². The third kappa shape index (κ3) is 5.21. The van der Waals surface area contributed by atoms with Crippen molar-refractivity contribution in [3.8, 4) is 34.8 Å². The first-order valence-corrected chi connectivity index (χ1v) is 11.4. The molecule has 0 spiro atoms. The summed E-state index contributed by atoms with van der Waals surface area (Å²) in [5.74, 6) is 0.775. The summed E-state index contributed by atoms with van der Waals surface area (Å²) in [4.78, 5) is 12.4. The van der Waals surface area contributed by atoms with Gasteiger partial charge in [-0.25, -0.2) is 4.79 Å². The second-order valence-electron chi connectivity index (χ2n) is 8.25. The molecule has 0 aromatic heterocycles. The number of allylic oxidation sites excluding steroid dienone is 1. The highest BCUT2D eigenvalue weighted by Crippen LogP contribution is 2.47. The third-order valence-electron chi connectivity index (χ3n) is 5.92. The van der Waals surface area contributed by atoms with E-state index in [1.54, 1.807) is 36.4 Å². The number of rotatable bonds is 7. The van der Waals surface area contributed by atoms with Gasteiger partial charge in [0.05, 0.1) is 27.2 Å². The van der Waals surface area contributed by atoms with Crippen LogP contribution in [0.4, 0.5) is 0 Å². The number of carbonyl (C=O) groups excluding carboxylic acids is 1. The van der Waals surface area contributed by atoms with Crippen LogP contribution >= 0.6 is 0 Å². The van der Waals surface area contributed by atoms with E-state index >= 15 is 0 Å². The number of hydrogen-bond donors (Lipinski definition) is 1. The Morgan fingerprint density at radius 2 is 1.68 bits per heavy atom. The zero-order valence-corrected chi connectivity index (χ0v) is 20.9. The van der Waals surface area contributed by atoms with E-state index in [9.17, 15) is 10.1 Å². The van der Waals surface area contributed by atoms with Gasteiger partial charge < -0.3 is 29.4 Å². The molecule has 3 aromatic rings. The van der Waals surface area contributed by atoms with Crippen molar-refractivity contribution in [3.05, 3.63) is 94.4 Å². The van der Waals surface area contributed by atoms with Crippen LogP contribution in [-0.2, 0) is 4.79 Å². The van der Waals surface area contributed by atoms with Gasteiger partial charge in [-0.2, -0.15) is 5.26 Å². The topological polar surface area (TPSA) is 113 Å². The average molecular weight is 499 g/mol. The first kappa shape index (κ1) is 25.2. The molecule has 37 heavy (non-hydrogen) atoms. The number of nitriles is 1. The molecule has 1 aliphatic rings. The molecule has 1 atom stereocenters. The maximum absolute atomic E-state index is 12.4. The van der Waals surface area contributed by atoms with Crippen LogP contribution in [0, 0.1) is 18.3 Å². The lowest BCUT2D eigenvalue weighted by Crippen LogP contribution is -2.21. The fourth-order valence-electron chi connectivity index (χ4n) is 4.10. The van der Waals surface area contributed by atoms with Gasteiger partial charge in [-0.3, -0.25) is 0 Å². The molecule has 0 saturated heterocycles. The summed E-state index contributed by atoms with van der Waals surface area (Å²) >= 11 is 0. The van der Waals surface area contributed by atoms with E-state index in [1.165, 1.54) is 27.4 Å². The SMILES string of the molecule is COc1cc(C2C(C#N)=C(N)Oc3cc(OC(=O)/C=C/c4ccc(C)cc4)ccc32)cc(OC)c1OC. The number of hydrogen-bond acceptors (Lipinski definition) is 8. The van der Waals surface area contributed by atoms with Crippen LogP contribution in [0.3, 0.4) is 0 Å². The molecule has 3 aromatic carbocycles. The van der Waals surface area contributed by atoms with E-state index in [2.05, 4.69) is 6.07 Å². The Kier molecular flexibility index (Phi) is 7.35. The van der Waals surface area contributed by atoms with Gasteiger partial charge in [0.2, 0.25) is 11.6 Å². The predicted molar refractivity (Wildman–Crippen MR) is 138 cm³/mol. The fourth-order valence-corrected chi connectivity index (χ4v) is 4.10. The first-order chi connectivity index (χ1) is 17.9. The maximum Gasteiger partial charge on any atom is 0.336 e. The average Bonchev–Trinajstić information content (AvgIpc) is 2.91. The van der Waals surface area contributed by atoms with Crippen molar-refractivity contribution in [2.75, 3.05) is 21.3 Å². The Labute approximate surface area is 215 Å². The number of esters is 1. The van der Waals surface area contributed by atoms with E-state index in [-0.39, 0.29) is 17.2 Å². The summed E-state index contributed by atoms with van der Waals surface area (Å²) < 4.78 is 27.6. The molecule has 0 bridgehead atoms. The maximum atomic E-state index is 12.4. The minimum Gasteiger partial charge on any atom is -0.493 e. The molecule has 1 heterocycles. The van der Waals surface area contributed by atoms with Crippen LogP contribution in [0.25, 0.3) is 6.08 Å². The van der Waals surface area contributed by atoms with E-state index in [4.69, 9.17) is 29.4 Å². The lowest BCUT2D eigenvalue weighted by molar-refractivity contribution is -0.128. The Hall–Kier alpha value is -4.90. The summed E-state index contributed by atoms with van der Waals surface area (Å²) in [6, 6.07) is 18.4. The molecule has 1 unspecified atom stereocenters. The van der Waals surface area contributed by atoms with Gasteiger partial charge in [0, 0.05) is 17.7 Å². The van der Waals surface area contributed by atoms with Crippen LogP contribution in [0.2, 0.25) is 0 Å². The number of benzene rings is 3. The van der Waals surface area contributed by atoms with Crippen molar-refractivity contribution >= 4 is 12.0 Å². The van der Waals surface area contributed by atoms with Crippen molar-refractivity contribution in [1.82, 2.24) is 0 Å². The molecule has 8 nitrogen and oxygen atoms in total. The van der Waals surface area contributed by atoms with Crippen LogP contribution in [0.15, 0.2) is 72.1 Å². The molecule has 0 amide bonds. The minimum absolute atomic E-state index is 0.0449. The van der Waals surface area contributed by atoms with E-state index in [0.717, 1.165) is 11.1 Å². The molecular formula is C29H26N2O6. The monoisotopic (exact) mass is 498 g/mol. The number of methoxy groups -OCH3 is 3. The van der Waals surface area contributed by atoms with E-state index < -0.39 is 11.9 Å². The van der Waals surface area contributed by atoms with Gasteiger partial charge in [0.25, 0.3) is 0 Å². The number of fused-ring (bicyclic) bond motifs is 1. The summed E-state index contributed by atoms with van der Waals surface area (Å²) in [6.07, 6.45) is 3.03. The van der Waals surface area contributed by atoms with Crippen molar-refractivity contribution < 1.29 is 28.5 Å². The Morgan fingerprint density at radius 1 is 1.00 bits per heavy atom. The standard InChI is InChI=1S/C29H26N2O6/c1-17-5-7-18(8-6-17)9-12-26(32)36-20-10-11-21-23(15-20)37-29(31)22(16-30)27(21)19-13-24(33-2)28(35-4)25(14-19)34-3/h5-15,27H,31H2,1-4H3/b12-9+. The molecule has 0 aliphatic carbocycles. The zero-order chi connectivity index (χ0) is 26.5. The number of ether oxygens (including phenoxy) is 5. The molecule has 0 radical (unpaired) electrons. The smallest absolute Gasteiger partial charge is 0.336 e.